The van der Waals surface area contributed by atoms with Crippen molar-refractivity contribution < 1.29 is 26.4 Å². The van der Waals surface area contributed by atoms with Gasteiger partial charge in [-0.1, -0.05) is 10.8 Å². The molecule has 0 spiro atoms. The molecule has 2 rings (SSSR count). The molecule has 2 amide bonds. The number of piperidine rings is 1. The predicted molar refractivity (Wildman–Crippen MR) is 77.5 cm³/mol. The Balaban J connectivity index is 1.97. The number of nitrogens with zero attached hydrogens (tertiary/aromatic N) is 1. The second kappa shape index (κ2) is 6.49. The Kier molecular flexibility index (Phi) is 4.87. The van der Waals surface area contributed by atoms with Crippen LogP contribution in [0.1, 0.15) is 13.3 Å². The summed E-state index contributed by atoms with van der Waals surface area (Å²) in [6, 6.07) is 4.86. The maximum absolute atomic E-state index is 12.4. The molecule has 2 N–H and O–H groups in total. The molecule has 0 unspecified atom stereocenters. The average Bonchev–Trinajstić information content (AvgIpc) is 2.38. The van der Waals surface area contributed by atoms with Crippen molar-refractivity contribution in [3.8, 4) is 5.75 Å². The van der Waals surface area contributed by atoms with Crippen LogP contribution < -0.4 is 9.50 Å². The average molecular weight is 332 g/mol. The number of aliphatic hydroxyl groups is 1. The number of hydrogen-bond acceptors (Lipinski definition) is 5. The smallest absolute Gasteiger partial charge is 0.391 e. The van der Waals surface area contributed by atoms with Crippen LogP contribution in [0.3, 0.4) is 0 Å². The lowest BCUT2D eigenvalue weighted by Gasteiger charge is -2.34. The second-order valence-corrected chi connectivity index (χ2v) is 6.28. The monoisotopic (exact) mass is 332 g/mol. The van der Waals surface area contributed by atoms with Gasteiger partial charge in [-0.2, -0.15) is 8.42 Å². The minimum atomic E-state index is -5.07. The maximum atomic E-state index is 12.4. The van der Waals surface area contributed by atoms with Gasteiger partial charge in [0.25, 0.3) is 0 Å². The summed E-state index contributed by atoms with van der Waals surface area (Å²) < 4.78 is 37.1. The Morgan fingerprint density at radius 3 is 2.55 bits per heavy atom. The quantitative estimate of drug-likeness (QED) is 0.818. The van der Waals surface area contributed by atoms with E-state index >= 15 is 0 Å². The number of urea groups is 1. The molecule has 1 heterocycles. The molecule has 0 radical (unpaired) electrons. The molecule has 1 aromatic rings. The number of β-amino-alcohol motifs (C(OH)–C–C–N with tert-alkyl or cyclic N) is 1. The minimum Gasteiger partial charge on any atom is -0.391 e. The maximum Gasteiger partial charge on any atom is 0.488 e. The highest BCUT2D eigenvalue weighted by Gasteiger charge is 2.26. The van der Waals surface area contributed by atoms with E-state index in [0.717, 1.165) is 0 Å². The number of amides is 2. The minimum absolute atomic E-state index is 0.192. The van der Waals surface area contributed by atoms with E-state index in [9.17, 15) is 22.2 Å². The number of aliphatic hydroxyl groups excluding tert-OH is 1. The number of likely N-dealkylation sites (tertiary alicyclic amines) is 1. The molecule has 1 saturated heterocycles. The number of hydrogen-bond donors (Lipinski definition) is 2. The fourth-order valence-corrected chi connectivity index (χ4v) is 2.74. The summed E-state index contributed by atoms with van der Waals surface area (Å²) in [5, 5.41) is 12.3. The summed E-state index contributed by atoms with van der Waals surface area (Å²) in [5.74, 6) is 0.0163. The van der Waals surface area contributed by atoms with E-state index in [1.54, 1.807) is 0 Å². The van der Waals surface area contributed by atoms with Crippen LogP contribution in [-0.2, 0) is 10.5 Å². The van der Waals surface area contributed by atoms with Crippen molar-refractivity contribution in [2.45, 2.75) is 19.4 Å². The van der Waals surface area contributed by atoms with Crippen LogP contribution in [0.5, 0.6) is 5.75 Å². The summed E-state index contributed by atoms with van der Waals surface area (Å²) in [5.41, 5.74) is 0.404. The van der Waals surface area contributed by atoms with Crippen molar-refractivity contribution in [3.63, 3.8) is 0 Å². The Hall–Kier alpha value is -1.87. The highest BCUT2D eigenvalue weighted by Crippen LogP contribution is 2.20. The van der Waals surface area contributed by atoms with E-state index in [4.69, 9.17) is 0 Å². The molecule has 0 aromatic heterocycles. The normalized spacial score (nSPS) is 22.2. The van der Waals surface area contributed by atoms with Crippen LogP contribution in [0.15, 0.2) is 24.3 Å². The predicted octanol–water partition coefficient (Wildman–Crippen LogP) is 1.51. The Bertz CT molecular complexity index is 624. The first-order chi connectivity index (χ1) is 10.2. The number of benzene rings is 1. The summed E-state index contributed by atoms with van der Waals surface area (Å²) in [4.78, 5) is 13.6. The first kappa shape index (κ1) is 16.5. The molecule has 22 heavy (non-hydrogen) atoms. The standard InChI is InChI=1S/C13H17FN2O5S/c1-9-6-11(17)8-16(7-9)13(18)15-10-2-4-12(5-3-10)21-22(14,19)20/h2-5,9,11,17H,6-8H2,1H3,(H,15,18)/t9-,11+/m1/s1. The van der Waals surface area contributed by atoms with Crippen molar-refractivity contribution in [1.29, 1.82) is 0 Å². The van der Waals surface area contributed by atoms with Crippen molar-refractivity contribution in [2.24, 2.45) is 5.92 Å². The number of carbonyl (C=O) groups is 1. The zero-order chi connectivity index (χ0) is 16.3. The number of carbonyl (C=O) groups excluding carboxylic acids is 1. The van der Waals surface area contributed by atoms with E-state index < -0.39 is 16.6 Å². The van der Waals surface area contributed by atoms with Crippen LogP contribution >= 0.6 is 0 Å². The van der Waals surface area contributed by atoms with Crippen LogP contribution in [0, 0.1) is 5.92 Å². The fourth-order valence-electron chi connectivity index (χ4n) is 2.40. The molecule has 7 nitrogen and oxygen atoms in total. The first-order valence-corrected chi connectivity index (χ1v) is 8.02. The molecule has 122 valence electrons. The van der Waals surface area contributed by atoms with Gasteiger partial charge in [0.1, 0.15) is 5.75 Å². The van der Waals surface area contributed by atoms with E-state index in [-0.39, 0.29) is 24.2 Å². The zero-order valence-corrected chi connectivity index (χ0v) is 12.7. The third-order valence-corrected chi connectivity index (χ3v) is 3.62. The topological polar surface area (TPSA) is 95.9 Å². The third-order valence-electron chi connectivity index (χ3n) is 3.23. The molecular formula is C13H17FN2O5S. The molecule has 1 fully saturated rings. The largest absolute Gasteiger partial charge is 0.488 e. The number of halogens is 1. The summed E-state index contributed by atoms with van der Waals surface area (Å²) in [7, 11) is -5.07. The fraction of sp³-hybridized carbons (Fsp3) is 0.462. The summed E-state index contributed by atoms with van der Waals surface area (Å²) in [6.07, 6.45) is 0.119. The molecule has 1 aliphatic heterocycles. The van der Waals surface area contributed by atoms with Gasteiger partial charge in [-0.3, -0.25) is 0 Å². The van der Waals surface area contributed by atoms with Gasteiger partial charge >= 0.3 is 16.5 Å². The van der Waals surface area contributed by atoms with E-state index in [1.807, 2.05) is 6.92 Å². The molecule has 1 aliphatic rings. The molecule has 1 aromatic carbocycles. The lowest BCUT2D eigenvalue weighted by Crippen LogP contribution is -2.47. The lowest BCUT2D eigenvalue weighted by atomic mass is 9.98. The molecule has 0 aliphatic carbocycles. The van der Waals surface area contributed by atoms with Crippen LogP contribution in [0.25, 0.3) is 0 Å². The molecule has 2 atom stereocenters. The molecule has 9 heteroatoms. The summed E-state index contributed by atoms with van der Waals surface area (Å²) in [6.45, 7) is 2.76. The SMILES string of the molecule is C[C@@H]1C[C@H](O)CN(C(=O)Nc2ccc(OS(=O)(=O)F)cc2)C1. The molecule has 0 saturated carbocycles. The number of nitrogens with one attached hydrogen (secondary N) is 1. The third kappa shape index (κ3) is 4.85. The first-order valence-electron chi connectivity index (χ1n) is 6.71. The van der Waals surface area contributed by atoms with Gasteiger partial charge < -0.3 is 19.5 Å². The van der Waals surface area contributed by atoms with Gasteiger partial charge in [0.2, 0.25) is 0 Å². The van der Waals surface area contributed by atoms with Gasteiger partial charge in [0.15, 0.2) is 0 Å². The van der Waals surface area contributed by atoms with Crippen LogP contribution in [-0.4, -0.2) is 43.6 Å². The van der Waals surface area contributed by atoms with Gasteiger partial charge in [-0.25, -0.2) is 4.79 Å². The number of anilines is 1. The van der Waals surface area contributed by atoms with E-state index in [1.165, 1.54) is 29.2 Å². The van der Waals surface area contributed by atoms with E-state index in [0.29, 0.717) is 18.7 Å². The lowest BCUT2D eigenvalue weighted by molar-refractivity contribution is 0.0640. The molecule has 0 bridgehead atoms. The van der Waals surface area contributed by atoms with Crippen LogP contribution in [0.4, 0.5) is 14.4 Å². The van der Waals surface area contributed by atoms with E-state index in [2.05, 4.69) is 9.50 Å². The van der Waals surface area contributed by atoms with Gasteiger partial charge in [0, 0.05) is 18.8 Å². The summed E-state index contributed by atoms with van der Waals surface area (Å²) >= 11 is 0. The molecular weight excluding hydrogens is 315 g/mol. The zero-order valence-electron chi connectivity index (χ0n) is 11.9. The highest BCUT2D eigenvalue weighted by atomic mass is 32.3. The Morgan fingerprint density at radius 2 is 2.00 bits per heavy atom. The van der Waals surface area contributed by atoms with Crippen molar-refractivity contribution in [3.05, 3.63) is 24.3 Å². The van der Waals surface area contributed by atoms with Crippen molar-refractivity contribution in [2.75, 3.05) is 18.4 Å². The van der Waals surface area contributed by atoms with Crippen molar-refractivity contribution in [1.82, 2.24) is 4.90 Å². The van der Waals surface area contributed by atoms with Gasteiger partial charge in [-0.15, -0.1) is 0 Å². The van der Waals surface area contributed by atoms with Gasteiger partial charge in [0.05, 0.1) is 6.10 Å². The highest BCUT2D eigenvalue weighted by molar-refractivity contribution is 7.81. The number of rotatable bonds is 3. The van der Waals surface area contributed by atoms with Crippen LogP contribution in [0.2, 0.25) is 0 Å². The van der Waals surface area contributed by atoms with Crippen molar-refractivity contribution >= 4 is 22.2 Å². The Labute approximate surface area is 128 Å². The van der Waals surface area contributed by atoms with Gasteiger partial charge in [-0.05, 0) is 36.6 Å². The second-order valence-electron chi connectivity index (χ2n) is 5.33. The Morgan fingerprint density at radius 1 is 1.36 bits per heavy atom.